The van der Waals surface area contributed by atoms with Gasteiger partial charge in [-0.3, -0.25) is 4.79 Å². The molecule has 2 atom stereocenters. The fourth-order valence-corrected chi connectivity index (χ4v) is 5.06. The van der Waals surface area contributed by atoms with Gasteiger partial charge >= 0.3 is 29.6 Å². The van der Waals surface area contributed by atoms with Crippen molar-refractivity contribution in [2.75, 3.05) is 12.4 Å². The Hall–Kier alpha value is -3.80. The van der Waals surface area contributed by atoms with Gasteiger partial charge in [0.15, 0.2) is 0 Å². The molecule has 0 aliphatic carbocycles. The molecule has 0 aliphatic rings. The van der Waals surface area contributed by atoms with Crippen LogP contribution in [0, 0.1) is 11.6 Å². The number of rotatable bonds is 12. The Labute approximate surface area is 282 Å². The number of aromatic nitrogens is 1. The van der Waals surface area contributed by atoms with Gasteiger partial charge in [0.1, 0.15) is 23.1 Å². The van der Waals surface area contributed by atoms with Crippen LogP contribution in [0.15, 0.2) is 78.9 Å². The van der Waals surface area contributed by atoms with E-state index in [1.807, 2.05) is 13.8 Å². The van der Waals surface area contributed by atoms with Crippen LogP contribution >= 0.6 is 0 Å². The molecule has 3 aromatic carbocycles. The van der Waals surface area contributed by atoms with Crippen LogP contribution in [0.3, 0.4) is 0 Å². The van der Waals surface area contributed by atoms with Crippen LogP contribution in [0.5, 0.6) is 5.75 Å². The van der Waals surface area contributed by atoms with E-state index >= 15 is 0 Å². The van der Waals surface area contributed by atoms with Crippen LogP contribution < -0.4 is 44.7 Å². The number of hydrogen-bond acceptors (Lipinski definition) is 6. The largest absolute Gasteiger partial charge is 1.00 e. The molecule has 4 rings (SSSR count). The zero-order valence-corrected chi connectivity index (χ0v) is 27.5. The van der Waals surface area contributed by atoms with E-state index in [2.05, 4.69) is 5.32 Å². The number of carboxylic acid groups (broad SMARTS) is 1. The topological polar surface area (TPSA) is 124 Å². The number of carbonyl (C=O) groups excluding carboxylic acids is 2. The number of ether oxygens (including phenoxy) is 1. The number of benzene rings is 3. The quantitative estimate of drug-likeness (QED) is 0.207. The average molecular weight is 627 g/mol. The number of nitrogens with zero attached hydrogens (tertiary/aromatic N) is 1. The van der Waals surface area contributed by atoms with Gasteiger partial charge < -0.3 is 34.7 Å². The number of nitrogens with one attached hydrogen (secondary N) is 1. The molecule has 0 fully saturated rings. The van der Waals surface area contributed by atoms with Crippen molar-refractivity contribution >= 4 is 23.6 Å². The second-order valence-electron chi connectivity index (χ2n) is 10.5. The molecule has 0 saturated carbocycles. The maximum absolute atomic E-state index is 14.2. The number of carboxylic acids is 1. The second-order valence-corrected chi connectivity index (χ2v) is 10.5. The molecule has 0 bridgehead atoms. The van der Waals surface area contributed by atoms with E-state index < -0.39 is 42.1 Å². The van der Waals surface area contributed by atoms with E-state index in [1.165, 1.54) is 37.5 Å². The molecule has 3 N–H and O–H groups in total. The SMILES string of the molecule is COc1cccc(NC(=O)c2c(-c3ccc(F)cc3)c(-c3ccc(F)cc3)c(C=C[C@@H](O)C[C@@H](O)CC(=O)[O-])n2C(C)C)c1.[Na+]. The number of carbonyl (C=O) groups is 2. The number of halogens is 2. The van der Waals surface area contributed by atoms with E-state index in [9.17, 15) is 33.7 Å². The summed E-state index contributed by atoms with van der Waals surface area (Å²) >= 11 is 0. The molecular weight excluding hydrogens is 593 g/mol. The first kappa shape index (κ1) is 35.7. The molecule has 230 valence electrons. The number of aliphatic hydroxyl groups excluding tert-OH is 2. The maximum atomic E-state index is 14.2. The smallest absolute Gasteiger partial charge is 0.550 e. The van der Waals surface area contributed by atoms with Crippen LogP contribution in [0.2, 0.25) is 0 Å². The van der Waals surface area contributed by atoms with Crippen molar-refractivity contribution in [2.45, 2.75) is 44.9 Å². The molecule has 1 aromatic heterocycles. The van der Waals surface area contributed by atoms with E-state index in [4.69, 9.17) is 4.74 Å². The Kier molecular flexibility index (Phi) is 12.7. The van der Waals surface area contributed by atoms with Gasteiger partial charge in [0.2, 0.25) is 0 Å². The minimum Gasteiger partial charge on any atom is -0.550 e. The van der Waals surface area contributed by atoms with E-state index in [0.29, 0.717) is 39.4 Å². The Balaban J connectivity index is 0.00000552. The third-order valence-electron chi connectivity index (χ3n) is 6.96. The molecule has 8 nitrogen and oxygen atoms in total. The van der Waals surface area contributed by atoms with Crippen molar-refractivity contribution in [2.24, 2.45) is 0 Å². The van der Waals surface area contributed by atoms with Gasteiger partial charge in [-0.15, -0.1) is 0 Å². The van der Waals surface area contributed by atoms with Gasteiger partial charge in [0.25, 0.3) is 5.91 Å². The minimum atomic E-state index is -1.45. The minimum absolute atomic E-state index is 0. The summed E-state index contributed by atoms with van der Waals surface area (Å²) in [4.78, 5) is 25.0. The van der Waals surface area contributed by atoms with Crippen LogP contribution in [-0.4, -0.2) is 46.0 Å². The summed E-state index contributed by atoms with van der Waals surface area (Å²) in [5.41, 5.74) is 3.17. The Morgan fingerprint density at radius 2 is 1.53 bits per heavy atom. The predicted octanol–water partition coefficient (Wildman–Crippen LogP) is 2.21. The van der Waals surface area contributed by atoms with Gasteiger partial charge in [-0.25, -0.2) is 8.78 Å². The zero-order chi connectivity index (χ0) is 32.0. The average Bonchev–Trinajstić information content (AvgIpc) is 3.32. The molecule has 0 aliphatic heterocycles. The summed E-state index contributed by atoms with van der Waals surface area (Å²) in [6.07, 6.45) is -0.539. The molecule has 1 amide bonds. The molecule has 1 heterocycles. The Morgan fingerprint density at radius 1 is 0.956 bits per heavy atom. The predicted molar refractivity (Wildman–Crippen MR) is 162 cm³/mol. The third kappa shape index (κ3) is 8.90. The van der Waals surface area contributed by atoms with Crippen LogP contribution in [0.4, 0.5) is 14.5 Å². The summed E-state index contributed by atoms with van der Waals surface area (Å²) in [6.45, 7) is 3.73. The molecule has 0 saturated heterocycles. The number of anilines is 1. The first-order valence-corrected chi connectivity index (χ1v) is 14.0. The molecular formula is C34H33F2N2NaO6. The van der Waals surface area contributed by atoms with Gasteiger partial charge in [-0.2, -0.15) is 0 Å². The number of aliphatic hydroxyl groups is 2. The summed E-state index contributed by atoms with van der Waals surface area (Å²) in [7, 11) is 1.51. The number of hydrogen-bond donors (Lipinski definition) is 3. The summed E-state index contributed by atoms with van der Waals surface area (Å²) in [5.74, 6) is -2.34. The molecule has 4 aromatic rings. The fraction of sp³-hybridized carbons (Fsp3) is 0.235. The van der Waals surface area contributed by atoms with Crippen molar-refractivity contribution in [1.82, 2.24) is 4.57 Å². The van der Waals surface area contributed by atoms with Crippen LogP contribution in [0.25, 0.3) is 28.3 Å². The van der Waals surface area contributed by atoms with Gasteiger partial charge in [0, 0.05) is 53.4 Å². The zero-order valence-electron chi connectivity index (χ0n) is 25.5. The van der Waals surface area contributed by atoms with Gasteiger partial charge in [0.05, 0.1) is 19.3 Å². The van der Waals surface area contributed by atoms with E-state index in [-0.39, 0.29) is 47.7 Å². The second kappa shape index (κ2) is 16.0. The van der Waals surface area contributed by atoms with Crippen molar-refractivity contribution < 1.29 is 68.0 Å². The molecule has 0 spiro atoms. The number of amides is 1. The molecule has 0 unspecified atom stereocenters. The van der Waals surface area contributed by atoms with Crippen molar-refractivity contribution in [3.8, 4) is 28.0 Å². The first-order chi connectivity index (χ1) is 21.0. The van der Waals surface area contributed by atoms with Crippen LogP contribution in [0.1, 0.15) is 48.9 Å². The first-order valence-electron chi connectivity index (χ1n) is 14.0. The number of methoxy groups -OCH3 is 1. The van der Waals surface area contributed by atoms with E-state index in [0.717, 1.165) is 0 Å². The third-order valence-corrected chi connectivity index (χ3v) is 6.96. The molecule has 45 heavy (non-hydrogen) atoms. The monoisotopic (exact) mass is 626 g/mol. The van der Waals surface area contributed by atoms with Crippen molar-refractivity contribution in [3.63, 3.8) is 0 Å². The summed E-state index contributed by atoms with van der Waals surface area (Å²) < 4.78 is 35.1. The Morgan fingerprint density at radius 3 is 2.07 bits per heavy atom. The fourth-order valence-electron chi connectivity index (χ4n) is 5.06. The summed E-state index contributed by atoms with van der Waals surface area (Å²) in [6, 6.07) is 17.8. The normalized spacial score (nSPS) is 12.5. The van der Waals surface area contributed by atoms with Gasteiger partial charge in [-0.1, -0.05) is 36.4 Å². The molecule has 0 radical (unpaired) electrons. The molecule has 11 heteroatoms. The maximum Gasteiger partial charge on any atom is 1.00 e. The Bertz CT molecular complexity index is 1650. The summed E-state index contributed by atoms with van der Waals surface area (Å²) in [5, 5.41) is 34.4. The standard InChI is InChI=1S/C34H34F2N2O6.Na/c1-20(2)38-29(16-15-26(39)18-27(40)19-30(41)42)31(21-7-11-23(35)12-8-21)32(22-9-13-24(36)14-10-22)33(38)34(43)37-25-5-4-6-28(17-25)44-3;/h4-17,20,26-27,39-40H,18-19H2,1-3H3,(H,37,43)(H,41,42);/q;+1/p-1/t26-,27-;/m1./s1. The van der Waals surface area contributed by atoms with Crippen LogP contribution in [-0.2, 0) is 4.79 Å². The van der Waals surface area contributed by atoms with E-state index in [1.54, 1.807) is 59.2 Å². The number of aliphatic carboxylic acids is 1. The van der Waals surface area contributed by atoms with Gasteiger partial charge in [-0.05, 0) is 67.4 Å². The van der Waals surface area contributed by atoms with Crippen molar-refractivity contribution in [3.05, 3.63) is 102 Å². The van der Waals surface area contributed by atoms with Crippen molar-refractivity contribution in [1.29, 1.82) is 0 Å².